The Morgan fingerprint density at radius 1 is 1.57 bits per heavy atom. The zero-order valence-electron chi connectivity index (χ0n) is 7.40. The lowest BCUT2D eigenvalue weighted by Crippen LogP contribution is -2.04. The van der Waals surface area contributed by atoms with Gasteiger partial charge in [0.1, 0.15) is 5.82 Å². The zero-order valence-corrected chi connectivity index (χ0v) is 7.40. The second-order valence-electron chi connectivity index (χ2n) is 3.55. The van der Waals surface area contributed by atoms with E-state index in [0.29, 0.717) is 5.56 Å². The van der Waals surface area contributed by atoms with Crippen molar-refractivity contribution in [3.05, 3.63) is 35.1 Å². The molecule has 2 atom stereocenters. The summed E-state index contributed by atoms with van der Waals surface area (Å²) in [6, 6.07) is 3.79. The van der Waals surface area contributed by atoms with Crippen LogP contribution >= 0.6 is 0 Å². The summed E-state index contributed by atoms with van der Waals surface area (Å²) < 4.78 is 13.2. The monoisotopic (exact) mass is 195 g/mol. The van der Waals surface area contributed by atoms with Gasteiger partial charge in [0.25, 0.3) is 0 Å². The number of carboxylic acids is 1. The van der Waals surface area contributed by atoms with Crippen molar-refractivity contribution in [1.82, 2.24) is 0 Å². The van der Waals surface area contributed by atoms with E-state index in [-0.39, 0.29) is 23.3 Å². The highest BCUT2D eigenvalue weighted by atomic mass is 19.1. The van der Waals surface area contributed by atoms with Gasteiger partial charge in [-0.25, -0.2) is 9.18 Å². The smallest absolute Gasteiger partial charge is 0.335 e. The van der Waals surface area contributed by atoms with E-state index < -0.39 is 5.97 Å². The molecule has 74 valence electrons. The van der Waals surface area contributed by atoms with Gasteiger partial charge >= 0.3 is 5.97 Å². The highest BCUT2D eigenvalue weighted by molar-refractivity contribution is 5.87. The highest BCUT2D eigenvalue weighted by Gasteiger charge is 2.37. The van der Waals surface area contributed by atoms with Gasteiger partial charge in [0.05, 0.1) is 5.56 Å². The molecule has 1 aliphatic carbocycles. The van der Waals surface area contributed by atoms with E-state index >= 15 is 0 Å². The molecule has 2 rings (SSSR count). The van der Waals surface area contributed by atoms with Crippen molar-refractivity contribution >= 4 is 5.97 Å². The fourth-order valence-corrected chi connectivity index (χ4v) is 1.53. The van der Waals surface area contributed by atoms with Crippen LogP contribution < -0.4 is 5.73 Å². The summed E-state index contributed by atoms with van der Waals surface area (Å²) in [7, 11) is 0. The minimum absolute atomic E-state index is 0.00528. The van der Waals surface area contributed by atoms with Gasteiger partial charge < -0.3 is 10.8 Å². The minimum atomic E-state index is -1.04. The molecular weight excluding hydrogens is 185 g/mol. The van der Waals surface area contributed by atoms with Crippen LogP contribution in [0.1, 0.15) is 28.3 Å². The molecule has 0 aliphatic heterocycles. The summed E-state index contributed by atoms with van der Waals surface area (Å²) in [5.41, 5.74) is 6.12. The molecule has 0 unspecified atom stereocenters. The second-order valence-corrected chi connectivity index (χ2v) is 3.55. The molecule has 0 radical (unpaired) electrons. The number of carbonyl (C=O) groups is 1. The predicted molar refractivity (Wildman–Crippen MR) is 48.7 cm³/mol. The molecule has 4 heteroatoms. The molecule has 3 nitrogen and oxygen atoms in total. The maximum Gasteiger partial charge on any atom is 0.335 e. The van der Waals surface area contributed by atoms with Crippen molar-refractivity contribution in [1.29, 1.82) is 0 Å². The van der Waals surface area contributed by atoms with Gasteiger partial charge in [0.2, 0.25) is 0 Å². The molecule has 14 heavy (non-hydrogen) atoms. The molecule has 1 aromatic rings. The molecule has 0 bridgehead atoms. The van der Waals surface area contributed by atoms with Gasteiger partial charge in [0, 0.05) is 12.0 Å². The van der Waals surface area contributed by atoms with Crippen LogP contribution in [0.4, 0.5) is 4.39 Å². The summed E-state index contributed by atoms with van der Waals surface area (Å²) in [5, 5.41) is 8.71. The molecule has 3 N–H and O–H groups in total. The van der Waals surface area contributed by atoms with Gasteiger partial charge in [-0.3, -0.25) is 0 Å². The molecule has 0 heterocycles. The van der Waals surface area contributed by atoms with E-state index in [2.05, 4.69) is 0 Å². The van der Waals surface area contributed by atoms with Crippen LogP contribution in [0.3, 0.4) is 0 Å². The zero-order chi connectivity index (χ0) is 10.3. The van der Waals surface area contributed by atoms with E-state index in [9.17, 15) is 9.18 Å². The number of halogens is 1. The summed E-state index contributed by atoms with van der Waals surface area (Å²) in [6.45, 7) is 0. The first-order valence-corrected chi connectivity index (χ1v) is 4.38. The Hall–Kier alpha value is -1.42. The maximum absolute atomic E-state index is 13.2. The van der Waals surface area contributed by atoms with Gasteiger partial charge in [-0.1, -0.05) is 0 Å². The van der Waals surface area contributed by atoms with Crippen molar-refractivity contribution < 1.29 is 14.3 Å². The molecule has 0 saturated heterocycles. The van der Waals surface area contributed by atoms with Crippen molar-refractivity contribution in [3.8, 4) is 0 Å². The Kier molecular flexibility index (Phi) is 2.00. The van der Waals surface area contributed by atoms with E-state index in [0.717, 1.165) is 6.42 Å². The van der Waals surface area contributed by atoms with Crippen LogP contribution in [0.2, 0.25) is 0 Å². The molecule has 1 aromatic carbocycles. The molecule has 1 saturated carbocycles. The Labute approximate surface area is 80.3 Å². The first-order valence-electron chi connectivity index (χ1n) is 4.38. The quantitative estimate of drug-likeness (QED) is 0.748. The van der Waals surface area contributed by atoms with Crippen LogP contribution in [-0.2, 0) is 0 Å². The van der Waals surface area contributed by atoms with Crippen LogP contribution in [0.5, 0.6) is 0 Å². The molecule has 0 amide bonds. The first kappa shape index (κ1) is 9.15. The molecule has 1 aliphatic rings. The van der Waals surface area contributed by atoms with Crippen LogP contribution in [-0.4, -0.2) is 17.1 Å². The fraction of sp³-hybridized carbons (Fsp3) is 0.300. The first-order chi connectivity index (χ1) is 6.59. The van der Waals surface area contributed by atoms with E-state index in [1.54, 1.807) is 0 Å². The number of benzene rings is 1. The van der Waals surface area contributed by atoms with E-state index in [4.69, 9.17) is 10.8 Å². The van der Waals surface area contributed by atoms with Crippen LogP contribution in [0.25, 0.3) is 0 Å². The van der Waals surface area contributed by atoms with Gasteiger partial charge in [0.15, 0.2) is 0 Å². The second kappa shape index (κ2) is 3.06. The summed E-state index contributed by atoms with van der Waals surface area (Å²) in [5.74, 6) is -1.41. The average Bonchev–Trinajstić information content (AvgIpc) is 2.83. The third kappa shape index (κ3) is 1.48. The lowest BCUT2D eigenvalue weighted by atomic mass is 10.1. The number of hydrogen-bond acceptors (Lipinski definition) is 2. The number of aromatic carboxylic acids is 1. The van der Waals surface area contributed by atoms with Gasteiger partial charge in [-0.2, -0.15) is 0 Å². The third-order valence-corrected chi connectivity index (χ3v) is 2.48. The fourth-order valence-electron chi connectivity index (χ4n) is 1.53. The van der Waals surface area contributed by atoms with Gasteiger partial charge in [-0.05, 0) is 30.2 Å². The number of rotatable bonds is 2. The third-order valence-electron chi connectivity index (χ3n) is 2.48. The van der Waals surface area contributed by atoms with Crippen molar-refractivity contribution in [3.63, 3.8) is 0 Å². The van der Waals surface area contributed by atoms with Crippen LogP contribution in [0.15, 0.2) is 18.2 Å². The largest absolute Gasteiger partial charge is 0.478 e. The average molecular weight is 195 g/mol. The molecule has 1 fully saturated rings. The Balaban J connectivity index is 2.38. The lowest BCUT2D eigenvalue weighted by molar-refractivity contribution is 0.0696. The number of hydrogen-bond donors (Lipinski definition) is 2. The van der Waals surface area contributed by atoms with Gasteiger partial charge in [-0.15, -0.1) is 0 Å². The Morgan fingerprint density at radius 2 is 2.21 bits per heavy atom. The van der Waals surface area contributed by atoms with E-state index in [1.807, 2.05) is 0 Å². The lowest BCUT2D eigenvalue weighted by Gasteiger charge is -2.02. The topological polar surface area (TPSA) is 63.3 Å². The highest BCUT2D eigenvalue weighted by Crippen LogP contribution is 2.40. The molecular formula is C10H10FNO2. The number of carboxylic acid groups (broad SMARTS) is 1. The summed E-state index contributed by atoms with van der Waals surface area (Å²) >= 11 is 0. The normalized spacial score (nSPS) is 24.7. The molecule has 0 aromatic heterocycles. The summed E-state index contributed by atoms with van der Waals surface area (Å²) in [6.07, 6.45) is 0.736. The SMILES string of the molecule is N[C@@H]1C[C@H]1c1cc(C(=O)O)ccc1F. The Morgan fingerprint density at radius 3 is 2.71 bits per heavy atom. The number of nitrogens with two attached hydrogens (primary N) is 1. The minimum Gasteiger partial charge on any atom is -0.478 e. The van der Waals surface area contributed by atoms with Crippen LogP contribution in [0, 0.1) is 5.82 Å². The Bertz CT molecular complexity index is 392. The van der Waals surface area contributed by atoms with Crippen molar-refractivity contribution in [2.75, 3.05) is 0 Å². The standard InChI is InChI=1S/C10H10FNO2/c11-8-2-1-5(10(13)14)3-6(8)7-4-9(7)12/h1-3,7,9H,4,12H2,(H,13,14)/t7-,9+/m0/s1. The maximum atomic E-state index is 13.2. The van der Waals surface area contributed by atoms with E-state index in [1.165, 1.54) is 18.2 Å². The van der Waals surface area contributed by atoms with Crippen molar-refractivity contribution in [2.45, 2.75) is 18.4 Å². The van der Waals surface area contributed by atoms with Crippen molar-refractivity contribution in [2.24, 2.45) is 5.73 Å². The summed E-state index contributed by atoms with van der Waals surface area (Å²) in [4.78, 5) is 10.6. The molecule has 0 spiro atoms. The predicted octanol–water partition coefficient (Wildman–Crippen LogP) is 1.34.